The number of hydrogen-bond acceptors (Lipinski definition) is 8. The van der Waals surface area contributed by atoms with Gasteiger partial charge in [-0.15, -0.1) is 0 Å². The van der Waals surface area contributed by atoms with E-state index in [-0.39, 0.29) is 18.9 Å². The van der Waals surface area contributed by atoms with Crippen LogP contribution < -0.4 is 16.0 Å². The van der Waals surface area contributed by atoms with Crippen LogP contribution in [0.3, 0.4) is 0 Å². The number of anilines is 2. The van der Waals surface area contributed by atoms with E-state index in [9.17, 15) is 4.79 Å². The number of nitrogens with two attached hydrogens (primary N) is 1. The van der Waals surface area contributed by atoms with Crippen LogP contribution in [-0.2, 0) is 14.4 Å². The minimum Gasteiger partial charge on any atom is -0.483 e. The minimum absolute atomic E-state index is 0.0620. The van der Waals surface area contributed by atoms with Crippen LogP contribution >= 0.6 is 0 Å². The molecular weight excluding hydrogens is 404 g/mol. The molecule has 1 aromatic heterocycles. The lowest BCUT2D eigenvalue weighted by molar-refractivity contribution is -0.123. The number of nitrogens with zero attached hydrogens (tertiary/aromatic N) is 4. The van der Waals surface area contributed by atoms with Crippen LogP contribution in [0.5, 0.6) is 0 Å². The van der Waals surface area contributed by atoms with Crippen molar-refractivity contribution in [3.8, 4) is 0 Å². The Labute approximate surface area is 181 Å². The van der Waals surface area contributed by atoms with Crippen LogP contribution in [0.2, 0.25) is 0 Å². The molecule has 0 unspecified atom stereocenters. The first-order valence-corrected chi connectivity index (χ1v) is 10.4. The van der Waals surface area contributed by atoms with E-state index in [4.69, 9.17) is 25.5 Å². The average molecular weight is 437 g/mol. The number of fused-ring (bicyclic) bond motifs is 4. The largest absolute Gasteiger partial charge is 0.483 e. The highest BCUT2D eigenvalue weighted by Gasteiger charge is 2.47. The molecular formula is C20H32N6O5. The van der Waals surface area contributed by atoms with Gasteiger partial charge in [-0.3, -0.25) is 19.3 Å². The smallest absolute Gasteiger partial charge is 0.290 e. The molecule has 3 saturated heterocycles. The fraction of sp³-hybridized carbons (Fsp3) is 0.650. The predicted octanol–water partition coefficient (Wildman–Crippen LogP) is 0.276. The Bertz CT molecular complexity index is 730. The maximum Gasteiger partial charge on any atom is 0.290 e. The maximum absolute atomic E-state index is 11.5. The summed E-state index contributed by atoms with van der Waals surface area (Å²) in [5.74, 6) is 2.74. The molecule has 0 radical (unpaired) electrons. The summed E-state index contributed by atoms with van der Waals surface area (Å²) in [6, 6.07) is 2.93. The van der Waals surface area contributed by atoms with Gasteiger partial charge in [-0.25, -0.2) is 9.97 Å². The number of nitrogens with one attached hydrogen (secondary N) is 1. The number of carbonyl (C=O) groups is 3. The second-order valence-corrected chi connectivity index (χ2v) is 7.98. The van der Waals surface area contributed by atoms with Crippen molar-refractivity contribution in [1.82, 2.24) is 20.2 Å². The van der Waals surface area contributed by atoms with E-state index in [1.165, 1.54) is 32.2 Å². The van der Waals surface area contributed by atoms with Gasteiger partial charge >= 0.3 is 0 Å². The summed E-state index contributed by atoms with van der Waals surface area (Å²) < 4.78 is 0. The second kappa shape index (κ2) is 12.0. The van der Waals surface area contributed by atoms with Crippen LogP contribution in [0.15, 0.2) is 12.4 Å². The van der Waals surface area contributed by atoms with E-state index in [1.807, 2.05) is 6.07 Å². The summed E-state index contributed by atoms with van der Waals surface area (Å²) in [6.07, 6.45) is 6.67. The summed E-state index contributed by atoms with van der Waals surface area (Å²) in [5.41, 5.74) is 5.86. The summed E-state index contributed by atoms with van der Waals surface area (Å²) in [4.78, 5) is 41.7. The highest BCUT2D eigenvalue weighted by atomic mass is 16.3. The van der Waals surface area contributed by atoms with Gasteiger partial charge in [0.1, 0.15) is 18.0 Å². The molecule has 0 spiro atoms. The van der Waals surface area contributed by atoms with Crippen LogP contribution in [0, 0.1) is 11.8 Å². The first kappa shape index (κ1) is 24.3. The first-order valence-electron chi connectivity index (χ1n) is 10.4. The van der Waals surface area contributed by atoms with E-state index in [0.29, 0.717) is 29.7 Å². The molecule has 0 aromatic carbocycles. The molecule has 11 nitrogen and oxygen atoms in total. The van der Waals surface area contributed by atoms with E-state index in [2.05, 4.69) is 25.1 Å². The Kier molecular flexibility index (Phi) is 9.44. The molecule has 4 rings (SSSR count). The molecule has 3 aliphatic heterocycles. The Balaban J connectivity index is 0.000000513. The van der Waals surface area contributed by atoms with E-state index in [1.54, 1.807) is 13.3 Å². The molecule has 0 saturated carbocycles. The highest BCUT2D eigenvalue weighted by Crippen LogP contribution is 2.41. The molecule has 5 N–H and O–H groups in total. The fourth-order valence-electron chi connectivity index (χ4n) is 5.16. The molecule has 3 fully saturated rings. The Hall–Kier alpha value is -2.95. The normalized spacial score (nSPS) is 26.7. The Morgan fingerprint density at radius 2 is 1.90 bits per heavy atom. The molecule has 4 atom stereocenters. The predicted molar refractivity (Wildman–Crippen MR) is 114 cm³/mol. The molecule has 0 aliphatic carbocycles. The lowest BCUT2D eigenvalue weighted by Crippen LogP contribution is -2.65. The standard InChI is InChI=1S/C18H28N6O.2CH2O2/c1-12(25)20-8-16-14-6-13(15-4-2-3-5-24(15)16)9-23(10-14)18-7-17(19)21-11-22-18;2*2-1-3/h7,11,13-16H,2-6,8-10H2,1H3,(H,20,25)(H2,19,21,22);2*1H,(H,2,3)/t13-,14+,15+,16+;;/m1../s1. The van der Waals surface area contributed by atoms with Crippen molar-refractivity contribution in [3.05, 3.63) is 12.4 Å². The van der Waals surface area contributed by atoms with Gasteiger partial charge in [0, 0.05) is 44.7 Å². The van der Waals surface area contributed by atoms with Gasteiger partial charge in [0.15, 0.2) is 0 Å². The van der Waals surface area contributed by atoms with Gasteiger partial charge in [0.2, 0.25) is 5.91 Å². The van der Waals surface area contributed by atoms with E-state index < -0.39 is 0 Å². The summed E-state index contributed by atoms with van der Waals surface area (Å²) in [5, 5.41) is 16.8. The number of piperidine rings is 3. The lowest BCUT2D eigenvalue weighted by atomic mass is 9.72. The van der Waals surface area contributed by atoms with Crippen molar-refractivity contribution in [1.29, 1.82) is 0 Å². The van der Waals surface area contributed by atoms with Crippen molar-refractivity contribution < 1.29 is 24.6 Å². The number of carbonyl (C=O) groups excluding carboxylic acids is 1. The third-order valence-corrected chi connectivity index (χ3v) is 6.18. The summed E-state index contributed by atoms with van der Waals surface area (Å²) >= 11 is 0. The van der Waals surface area contributed by atoms with Gasteiger partial charge in [0.25, 0.3) is 12.9 Å². The zero-order valence-corrected chi connectivity index (χ0v) is 17.8. The molecule has 4 heterocycles. The number of amides is 1. The molecule has 2 bridgehead atoms. The van der Waals surface area contributed by atoms with E-state index >= 15 is 0 Å². The second-order valence-electron chi connectivity index (χ2n) is 7.98. The molecule has 31 heavy (non-hydrogen) atoms. The number of nitrogen functional groups attached to an aromatic ring is 1. The number of hydrogen-bond donors (Lipinski definition) is 4. The van der Waals surface area contributed by atoms with Crippen molar-refractivity contribution in [3.63, 3.8) is 0 Å². The summed E-state index contributed by atoms with van der Waals surface area (Å²) in [7, 11) is 0. The minimum atomic E-state index is -0.250. The van der Waals surface area contributed by atoms with Gasteiger partial charge in [0.05, 0.1) is 0 Å². The zero-order chi connectivity index (χ0) is 22.8. The van der Waals surface area contributed by atoms with Crippen molar-refractivity contribution in [2.45, 2.75) is 44.7 Å². The zero-order valence-electron chi connectivity index (χ0n) is 17.8. The maximum atomic E-state index is 11.5. The van der Waals surface area contributed by atoms with Gasteiger partial charge in [-0.05, 0) is 37.6 Å². The van der Waals surface area contributed by atoms with Gasteiger partial charge in [-0.2, -0.15) is 0 Å². The Morgan fingerprint density at radius 1 is 1.23 bits per heavy atom. The van der Waals surface area contributed by atoms with Gasteiger partial charge in [-0.1, -0.05) is 6.42 Å². The van der Waals surface area contributed by atoms with Crippen LogP contribution in [0.4, 0.5) is 11.6 Å². The molecule has 1 amide bonds. The van der Waals surface area contributed by atoms with Gasteiger partial charge < -0.3 is 26.2 Å². The van der Waals surface area contributed by atoms with Crippen LogP contribution in [-0.4, -0.2) is 82.2 Å². The summed E-state index contributed by atoms with van der Waals surface area (Å²) in [6.45, 7) is 5.04. The topological polar surface area (TPSA) is 162 Å². The highest BCUT2D eigenvalue weighted by molar-refractivity contribution is 5.72. The van der Waals surface area contributed by atoms with Crippen molar-refractivity contribution in [2.75, 3.05) is 36.8 Å². The number of carboxylic acid groups (broad SMARTS) is 2. The average Bonchev–Trinajstić information content (AvgIpc) is 2.74. The quantitative estimate of drug-likeness (QED) is 0.484. The number of aromatic nitrogens is 2. The lowest BCUT2D eigenvalue weighted by Gasteiger charge is -2.57. The third-order valence-electron chi connectivity index (χ3n) is 6.18. The first-order chi connectivity index (χ1) is 14.9. The third kappa shape index (κ3) is 6.51. The number of rotatable bonds is 3. The fourth-order valence-corrected chi connectivity index (χ4v) is 5.16. The molecule has 172 valence electrons. The Morgan fingerprint density at radius 3 is 2.55 bits per heavy atom. The molecule has 1 aromatic rings. The van der Waals surface area contributed by atoms with Crippen molar-refractivity contribution in [2.24, 2.45) is 11.8 Å². The SMILES string of the molecule is CC(=O)NC[C@H]1[C@H]2C[C@H](CN(c3cc(N)ncn3)C2)[C@@H]2CCCCN21.O=CO.O=CO. The van der Waals surface area contributed by atoms with E-state index in [0.717, 1.165) is 25.5 Å². The molecule has 11 heteroatoms. The van der Waals surface area contributed by atoms with Crippen molar-refractivity contribution >= 4 is 30.5 Å². The monoisotopic (exact) mass is 436 g/mol. The van der Waals surface area contributed by atoms with Crippen LogP contribution in [0.25, 0.3) is 0 Å². The van der Waals surface area contributed by atoms with Crippen LogP contribution in [0.1, 0.15) is 32.6 Å². The molecule has 3 aliphatic rings.